The van der Waals surface area contributed by atoms with E-state index in [0.717, 1.165) is 0 Å². The maximum Gasteiger partial charge on any atom is 0.338 e. The van der Waals surface area contributed by atoms with E-state index in [1.807, 2.05) is 0 Å². The van der Waals surface area contributed by atoms with Crippen LogP contribution in [-0.4, -0.2) is 24.6 Å². The Morgan fingerprint density at radius 3 is 2.53 bits per heavy atom. The fourth-order valence-corrected chi connectivity index (χ4v) is 1.45. The summed E-state index contributed by atoms with van der Waals surface area (Å²) < 4.78 is 4.81. The molecule has 0 bridgehead atoms. The molecule has 0 unspecified atom stereocenters. The molecule has 1 aromatic rings. The number of carbonyl (C=O) groups excluding carboxylic acids is 3. The van der Waals surface area contributed by atoms with E-state index in [4.69, 9.17) is 4.74 Å². The number of rotatable bonds is 5. The van der Waals surface area contributed by atoms with E-state index < -0.39 is 5.97 Å². The lowest BCUT2D eigenvalue weighted by molar-refractivity contribution is 0.0526. The number of hydrogen-bond acceptors (Lipinski definition) is 4. The van der Waals surface area contributed by atoms with Gasteiger partial charge in [0.15, 0.2) is 12.1 Å². The Morgan fingerprint density at radius 1 is 1.29 bits per heavy atom. The predicted octanol–water partition coefficient (Wildman–Crippen LogP) is 2.27. The number of benzene rings is 1. The topological polar surface area (TPSA) is 60.4 Å². The molecule has 0 aliphatic rings. The molecule has 90 valence electrons. The number of carbonyl (C=O) groups is 3. The Hall–Kier alpha value is -1.97. The maximum atomic E-state index is 11.5. The molecule has 0 amide bonds. The van der Waals surface area contributed by atoms with Gasteiger partial charge in [0.2, 0.25) is 0 Å². The zero-order valence-electron chi connectivity index (χ0n) is 9.86. The van der Waals surface area contributed by atoms with Crippen molar-refractivity contribution in [2.24, 2.45) is 0 Å². The van der Waals surface area contributed by atoms with Gasteiger partial charge in [-0.2, -0.15) is 0 Å². The highest BCUT2D eigenvalue weighted by molar-refractivity contribution is 6.04. The second-order valence-corrected chi connectivity index (χ2v) is 3.42. The van der Waals surface area contributed by atoms with Crippen molar-refractivity contribution < 1.29 is 19.1 Å². The second-order valence-electron chi connectivity index (χ2n) is 3.42. The van der Waals surface area contributed by atoms with Gasteiger partial charge in [-0.15, -0.1) is 0 Å². The third-order valence-electron chi connectivity index (χ3n) is 2.31. The van der Waals surface area contributed by atoms with Crippen molar-refractivity contribution in [2.45, 2.75) is 20.3 Å². The molecule has 0 aliphatic carbocycles. The van der Waals surface area contributed by atoms with Crippen LogP contribution in [0.15, 0.2) is 18.2 Å². The Kier molecular flexibility index (Phi) is 4.57. The molecule has 17 heavy (non-hydrogen) atoms. The molecule has 0 saturated heterocycles. The summed E-state index contributed by atoms with van der Waals surface area (Å²) in [5.74, 6) is -0.617. The number of esters is 1. The van der Waals surface area contributed by atoms with Crippen molar-refractivity contribution in [3.05, 3.63) is 34.9 Å². The Balaban J connectivity index is 3.12. The normalized spacial score (nSPS) is 9.76. The summed E-state index contributed by atoms with van der Waals surface area (Å²) in [6.45, 7) is 3.69. The van der Waals surface area contributed by atoms with Gasteiger partial charge < -0.3 is 4.74 Å². The Bertz CT molecular complexity index is 449. The average Bonchev–Trinajstić information content (AvgIpc) is 2.37. The van der Waals surface area contributed by atoms with Crippen molar-refractivity contribution in [3.63, 3.8) is 0 Å². The number of aldehydes is 1. The van der Waals surface area contributed by atoms with Gasteiger partial charge in [0.25, 0.3) is 0 Å². The van der Waals surface area contributed by atoms with E-state index in [9.17, 15) is 14.4 Å². The summed E-state index contributed by atoms with van der Waals surface area (Å²) in [5.41, 5.74) is 0.847. The molecule has 0 atom stereocenters. The lowest BCUT2D eigenvalue weighted by atomic mass is 10.0. The highest BCUT2D eigenvalue weighted by Gasteiger charge is 2.13. The van der Waals surface area contributed by atoms with E-state index >= 15 is 0 Å². The standard InChI is InChI=1S/C13H14O4/c1-3-12(15)11-6-5-9(7-10(11)8-14)13(16)17-4-2/h5-8H,3-4H2,1-2H3. The third kappa shape index (κ3) is 3.00. The van der Waals surface area contributed by atoms with Gasteiger partial charge in [-0.3, -0.25) is 9.59 Å². The lowest BCUT2D eigenvalue weighted by Gasteiger charge is -2.05. The number of Topliss-reactive ketones (excluding diaryl/α,β-unsaturated/α-hetero) is 1. The summed E-state index contributed by atoms with van der Waals surface area (Å²) in [6.07, 6.45) is 0.894. The maximum absolute atomic E-state index is 11.5. The molecule has 0 N–H and O–H groups in total. The summed E-state index contributed by atoms with van der Waals surface area (Å²) >= 11 is 0. The van der Waals surface area contributed by atoms with Crippen LogP contribution in [0.3, 0.4) is 0 Å². The van der Waals surface area contributed by atoms with Crippen molar-refractivity contribution in [2.75, 3.05) is 6.61 Å². The van der Waals surface area contributed by atoms with Crippen LogP contribution in [0.2, 0.25) is 0 Å². The third-order valence-corrected chi connectivity index (χ3v) is 2.31. The molecule has 0 spiro atoms. The van der Waals surface area contributed by atoms with Crippen molar-refractivity contribution in [3.8, 4) is 0 Å². The minimum atomic E-state index is -0.494. The first-order valence-corrected chi connectivity index (χ1v) is 5.43. The van der Waals surface area contributed by atoms with Crippen LogP contribution in [0.25, 0.3) is 0 Å². The van der Waals surface area contributed by atoms with Crippen LogP contribution in [0.5, 0.6) is 0 Å². The zero-order valence-corrected chi connectivity index (χ0v) is 9.86. The molecule has 0 fully saturated rings. The molecule has 0 radical (unpaired) electrons. The lowest BCUT2D eigenvalue weighted by Crippen LogP contribution is -2.08. The summed E-state index contributed by atoms with van der Waals surface area (Å²) in [7, 11) is 0. The molecule has 0 aromatic heterocycles. The number of ketones is 1. The smallest absolute Gasteiger partial charge is 0.338 e. The van der Waals surface area contributed by atoms with Gasteiger partial charge in [-0.1, -0.05) is 6.92 Å². The second kappa shape index (κ2) is 5.94. The number of ether oxygens (including phenoxy) is 1. The van der Waals surface area contributed by atoms with E-state index in [-0.39, 0.29) is 23.5 Å². The molecule has 0 heterocycles. The molecule has 4 heteroatoms. The zero-order chi connectivity index (χ0) is 12.8. The van der Waals surface area contributed by atoms with Gasteiger partial charge in [0, 0.05) is 17.5 Å². The van der Waals surface area contributed by atoms with Crippen LogP contribution >= 0.6 is 0 Å². The van der Waals surface area contributed by atoms with E-state index in [1.165, 1.54) is 18.2 Å². The fourth-order valence-electron chi connectivity index (χ4n) is 1.45. The largest absolute Gasteiger partial charge is 0.462 e. The van der Waals surface area contributed by atoms with Crippen LogP contribution in [0, 0.1) is 0 Å². The highest BCUT2D eigenvalue weighted by Crippen LogP contribution is 2.13. The SMILES string of the molecule is CCOC(=O)c1ccc(C(=O)CC)c(C=O)c1. The molecule has 0 saturated carbocycles. The first-order chi connectivity index (χ1) is 8.13. The van der Waals surface area contributed by atoms with Crippen molar-refractivity contribution in [1.29, 1.82) is 0 Å². The molecule has 1 aromatic carbocycles. The van der Waals surface area contributed by atoms with Crippen LogP contribution in [-0.2, 0) is 4.74 Å². The van der Waals surface area contributed by atoms with Crippen LogP contribution in [0.4, 0.5) is 0 Å². The first kappa shape index (κ1) is 13.1. The average molecular weight is 234 g/mol. The summed E-state index contributed by atoms with van der Waals surface area (Å²) in [6, 6.07) is 4.36. The van der Waals surface area contributed by atoms with E-state index in [1.54, 1.807) is 13.8 Å². The van der Waals surface area contributed by atoms with E-state index in [2.05, 4.69) is 0 Å². The van der Waals surface area contributed by atoms with Gasteiger partial charge in [0.1, 0.15) is 0 Å². The van der Waals surface area contributed by atoms with Gasteiger partial charge in [-0.25, -0.2) is 4.79 Å². The van der Waals surface area contributed by atoms with E-state index in [0.29, 0.717) is 18.3 Å². The molecular formula is C13H14O4. The molecule has 0 aliphatic heterocycles. The predicted molar refractivity (Wildman–Crippen MR) is 62.4 cm³/mol. The number of hydrogen-bond donors (Lipinski definition) is 0. The summed E-state index contributed by atoms with van der Waals surface area (Å²) in [4.78, 5) is 33.8. The van der Waals surface area contributed by atoms with Gasteiger partial charge in [0.05, 0.1) is 12.2 Å². The Morgan fingerprint density at radius 2 is 2.00 bits per heavy atom. The molecular weight excluding hydrogens is 220 g/mol. The fraction of sp³-hybridized carbons (Fsp3) is 0.308. The first-order valence-electron chi connectivity index (χ1n) is 5.43. The van der Waals surface area contributed by atoms with Gasteiger partial charge >= 0.3 is 5.97 Å². The highest BCUT2D eigenvalue weighted by atomic mass is 16.5. The quantitative estimate of drug-likeness (QED) is 0.445. The van der Waals surface area contributed by atoms with Crippen LogP contribution < -0.4 is 0 Å². The monoisotopic (exact) mass is 234 g/mol. The van der Waals surface area contributed by atoms with Gasteiger partial charge in [-0.05, 0) is 25.1 Å². The van der Waals surface area contributed by atoms with Crippen LogP contribution in [0.1, 0.15) is 51.3 Å². The van der Waals surface area contributed by atoms with Crippen molar-refractivity contribution in [1.82, 2.24) is 0 Å². The molecule has 4 nitrogen and oxygen atoms in total. The Labute approximate surface area is 99.6 Å². The summed E-state index contributed by atoms with van der Waals surface area (Å²) in [5, 5.41) is 0. The van der Waals surface area contributed by atoms with Crippen molar-refractivity contribution >= 4 is 18.0 Å². The minimum absolute atomic E-state index is 0.123. The molecule has 1 rings (SSSR count). The minimum Gasteiger partial charge on any atom is -0.462 e.